The van der Waals surface area contributed by atoms with Crippen molar-refractivity contribution >= 4 is 5.97 Å². The van der Waals surface area contributed by atoms with Gasteiger partial charge in [0, 0.05) is 41.4 Å². The van der Waals surface area contributed by atoms with Crippen LogP contribution in [0, 0.1) is 0 Å². The Morgan fingerprint density at radius 1 is 1.06 bits per heavy atom. The van der Waals surface area contributed by atoms with Gasteiger partial charge in [-0.25, -0.2) is 4.79 Å². The second-order valence-corrected chi connectivity index (χ2v) is 3.03. The minimum atomic E-state index is -1.23. The smallest absolute Gasteiger partial charge is 0.332 e. The molecule has 1 atom stereocenters. The molecule has 17 heavy (non-hydrogen) atoms. The van der Waals surface area contributed by atoms with Gasteiger partial charge in [-0.05, 0) is 6.92 Å². The molecular formula is C9H21NO6Ti. The molecule has 8 heteroatoms. The molecule has 0 aromatic carbocycles. The molecule has 0 saturated carbocycles. The third-order valence-electron chi connectivity index (χ3n) is 1.61. The Bertz CT molecular complexity index is 155. The van der Waals surface area contributed by atoms with Gasteiger partial charge in [0.05, 0.1) is 19.8 Å². The topological polar surface area (TPSA) is 121 Å². The van der Waals surface area contributed by atoms with Crippen molar-refractivity contribution in [3.05, 3.63) is 0 Å². The van der Waals surface area contributed by atoms with E-state index in [9.17, 15) is 4.79 Å². The predicted molar refractivity (Wildman–Crippen MR) is 57.0 cm³/mol. The molecule has 0 aliphatic heterocycles. The largest absolute Gasteiger partial charge is 0.479 e. The van der Waals surface area contributed by atoms with E-state index in [1.807, 2.05) is 0 Å². The van der Waals surface area contributed by atoms with Gasteiger partial charge < -0.3 is 25.5 Å². The molecule has 0 saturated heterocycles. The molecular weight excluding hydrogens is 266 g/mol. The van der Waals surface area contributed by atoms with Crippen LogP contribution < -0.4 is 0 Å². The molecule has 0 heterocycles. The van der Waals surface area contributed by atoms with Crippen molar-refractivity contribution in [2.24, 2.45) is 0 Å². The van der Waals surface area contributed by atoms with Gasteiger partial charge in [-0.3, -0.25) is 4.90 Å². The SMILES string of the molecule is CC(O)C(=O)O.OCCN(CCO)CCO.[Ti]. The molecule has 0 rings (SSSR count). The first-order valence-corrected chi connectivity index (χ1v) is 4.95. The zero-order valence-corrected chi connectivity index (χ0v) is 11.5. The van der Waals surface area contributed by atoms with Crippen LogP contribution in [0.3, 0.4) is 0 Å². The summed E-state index contributed by atoms with van der Waals surface area (Å²) in [6, 6.07) is 0. The van der Waals surface area contributed by atoms with Gasteiger partial charge >= 0.3 is 5.97 Å². The van der Waals surface area contributed by atoms with Crippen molar-refractivity contribution in [2.75, 3.05) is 39.5 Å². The van der Waals surface area contributed by atoms with Crippen molar-refractivity contribution < 1.29 is 52.0 Å². The van der Waals surface area contributed by atoms with E-state index in [2.05, 4.69) is 0 Å². The van der Waals surface area contributed by atoms with Gasteiger partial charge in [0.1, 0.15) is 6.10 Å². The number of carbonyl (C=O) groups is 1. The molecule has 5 N–H and O–H groups in total. The zero-order chi connectivity index (χ0) is 13.0. The summed E-state index contributed by atoms with van der Waals surface area (Å²) in [5.74, 6) is -1.19. The van der Waals surface area contributed by atoms with Crippen LogP contribution in [0.4, 0.5) is 0 Å². The number of nitrogens with zero attached hydrogens (tertiary/aromatic N) is 1. The van der Waals surface area contributed by atoms with Crippen LogP contribution in [0.1, 0.15) is 6.92 Å². The first-order chi connectivity index (χ1) is 7.49. The molecule has 0 radical (unpaired) electrons. The molecule has 0 aliphatic carbocycles. The maximum absolute atomic E-state index is 9.45. The molecule has 0 amide bonds. The van der Waals surface area contributed by atoms with E-state index in [0.29, 0.717) is 19.6 Å². The summed E-state index contributed by atoms with van der Waals surface area (Å²) in [5.41, 5.74) is 0. The third-order valence-corrected chi connectivity index (χ3v) is 1.61. The van der Waals surface area contributed by atoms with Crippen LogP contribution in [0.15, 0.2) is 0 Å². The van der Waals surface area contributed by atoms with Gasteiger partial charge in [-0.2, -0.15) is 0 Å². The summed E-state index contributed by atoms with van der Waals surface area (Å²) in [5, 5.41) is 41.2. The van der Waals surface area contributed by atoms with E-state index in [1.54, 1.807) is 4.90 Å². The fourth-order valence-electron chi connectivity index (χ4n) is 0.760. The summed E-state index contributed by atoms with van der Waals surface area (Å²) < 4.78 is 0. The first-order valence-electron chi connectivity index (χ1n) is 4.95. The van der Waals surface area contributed by atoms with E-state index in [1.165, 1.54) is 6.92 Å². The number of rotatable bonds is 7. The molecule has 102 valence electrons. The Morgan fingerprint density at radius 3 is 1.41 bits per heavy atom. The van der Waals surface area contributed by atoms with Crippen LogP contribution in [-0.2, 0) is 26.5 Å². The molecule has 0 fully saturated rings. The Labute approximate surface area is 116 Å². The van der Waals surface area contributed by atoms with Crippen LogP contribution in [0.25, 0.3) is 0 Å². The number of aliphatic carboxylic acids is 1. The molecule has 0 bridgehead atoms. The average molecular weight is 287 g/mol. The van der Waals surface area contributed by atoms with Gasteiger partial charge in [0.25, 0.3) is 0 Å². The second kappa shape index (κ2) is 16.0. The number of carboxylic acid groups (broad SMARTS) is 1. The molecule has 0 aromatic heterocycles. The fourth-order valence-corrected chi connectivity index (χ4v) is 0.760. The first kappa shape index (κ1) is 22.2. The van der Waals surface area contributed by atoms with Crippen LogP contribution >= 0.6 is 0 Å². The number of aliphatic hydroxyl groups is 4. The van der Waals surface area contributed by atoms with Gasteiger partial charge in [0.15, 0.2) is 0 Å². The van der Waals surface area contributed by atoms with Crippen LogP contribution in [0.2, 0.25) is 0 Å². The van der Waals surface area contributed by atoms with Crippen molar-refractivity contribution in [1.29, 1.82) is 0 Å². The van der Waals surface area contributed by atoms with E-state index >= 15 is 0 Å². The van der Waals surface area contributed by atoms with Gasteiger partial charge in [-0.1, -0.05) is 0 Å². The predicted octanol–water partition coefficient (Wildman–Crippen LogP) is -2.29. The van der Waals surface area contributed by atoms with E-state index in [4.69, 9.17) is 25.5 Å². The summed E-state index contributed by atoms with van der Waals surface area (Å²) >= 11 is 0. The van der Waals surface area contributed by atoms with Crippen molar-refractivity contribution in [3.8, 4) is 0 Å². The van der Waals surface area contributed by atoms with Crippen LogP contribution in [-0.4, -0.2) is 82.0 Å². The van der Waals surface area contributed by atoms with Crippen molar-refractivity contribution in [3.63, 3.8) is 0 Å². The van der Waals surface area contributed by atoms with E-state index in [-0.39, 0.29) is 41.5 Å². The zero-order valence-electron chi connectivity index (χ0n) is 9.91. The van der Waals surface area contributed by atoms with Crippen LogP contribution in [0.5, 0.6) is 0 Å². The quantitative estimate of drug-likeness (QED) is 0.334. The molecule has 1 unspecified atom stereocenters. The average Bonchev–Trinajstić information content (AvgIpc) is 2.19. The second-order valence-electron chi connectivity index (χ2n) is 3.03. The monoisotopic (exact) mass is 287 g/mol. The molecule has 7 nitrogen and oxygen atoms in total. The number of hydrogen-bond acceptors (Lipinski definition) is 6. The standard InChI is InChI=1S/C6H15NO3.C3H6O3.Ti/c8-4-1-7(2-5-9)3-6-10;1-2(4)3(5)6;/h8-10H,1-6H2;2,4H,1H3,(H,5,6);. The number of hydrogen-bond donors (Lipinski definition) is 5. The molecule has 0 spiro atoms. The number of aliphatic hydroxyl groups excluding tert-OH is 4. The molecule has 0 aliphatic rings. The normalized spacial score (nSPS) is 11.2. The summed E-state index contributed by atoms with van der Waals surface area (Å²) in [7, 11) is 0. The maximum atomic E-state index is 9.45. The Kier molecular flexibility index (Phi) is 20.9. The Morgan fingerprint density at radius 2 is 1.29 bits per heavy atom. The minimum Gasteiger partial charge on any atom is -0.479 e. The van der Waals surface area contributed by atoms with E-state index < -0.39 is 12.1 Å². The summed E-state index contributed by atoms with van der Waals surface area (Å²) in [6.07, 6.45) is -1.23. The third kappa shape index (κ3) is 18.5. The molecule has 0 aromatic rings. The Balaban J connectivity index is -0.000000244. The fraction of sp³-hybridized carbons (Fsp3) is 0.889. The summed E-state index contributed by atoms with van der Waals surface area (Å²) in [4.78, 5) is 11.2. The van der Waals surface area contributed by atoms with E-state index in [0.717, 1.165) is 0 Å². The Hall–Kier alpha value is -0.0157. The van der Waals surface area contributed by atoms with Crippen molar-refractivity contribution in [2.45, 2.75) is 13.0 Å². The number of carboxylic acids is 1. The van der Waals surface area contributed by atoms with Gasteiger partial charge in [-0.15, -0.1) is 0 Å². The van der Waals surface area contributed by atoms with Crippen molar-refractivity contribution in [1.82, 2.24) is 4.90 Å². The minimum absolute atomic E-state index is 0. The maximum Gasteiger partial charge on any atom is 0.332 e. The summed E-state index contributed by atoms with van der Waals surface area (Å²) in [6.45, 7) is 2.95. The van der Waals surface area contributed by atoms with Gasteiger partial charge in [0.2, 0.25) is 0 Å².